The van der Waals surface area contributed by atoms with Gasteiger partial charge in [0, 0.05) is 11.8 Å². The van der Waals surface area contributed by atoms with Gasteiger partial charge in [-0.1, -0.05) is 13.8 Å². The molecule has 0 atom stereocenters. The Kier molecular flexibility index (Phi) is 1.96. The number of anilines is 1. The predicted molar refractivity (Wildman–Crippen MR) is 51.2 cm³/mol. The van der Waals surface area contributed by atoms with E-state index in [0.29, 0.717) is 24.9 Å². The summed E-state index contributed by atoms with van der Waals surface area (Å²) in [6.07, 6.45) is 1.87. The van der Waals surface area contributed by atoms with Crippen molar-refractivity contribution in [1.82, 2.24) is 4.98 Å². The molecule has 0 spiro atoms. The second-order valence-electron chi connectivity index (χ2n) is 3.70. The van der Waals surface area contributed by atoms with Crippen LogP contribution >= 0.6 is 0 Å². The van der Waals surface area contributed by atoms with Crippen molar-refractivity contribution < 1.29 is 4.74 Å². The van der Waals surface area contributed by atoms with Crippen LogP contribution in [0.3, 0.4) is 0 Å². The molecule has 0 unspecified atom stereocenters. The molecule has 70 valence electrons. The molecule has 1 aromatic rings. The quantitative estimate of drug-likeness (QED) is 0.713. The molecule has 1 aliphatic rings. The fraction of sp³-hybridized carbons (Fsp3) is 0.500. The highest BCUT2D eigenvalue weighted by molar-refractivity contribution is 5.49. The zero-order chi connectivity index (χ0) is 9.42. The van der Waals surface area contributed by atoms with Crippen molar-refractivity contribution in [3.8, 4) is 0 Å². The molecule has 3 heteroatoms. The number of hydrogen-bond acceptors (Lipinski definition) is 3. The number of fused-ring (bicyclic) bond motifs is 1. The summed E-state index contributed by atoms with van der Waals surface area (Å²) in [5, 5.41) is 0. The van der Waals surface area contributed by atoms with E-state index in [4.69, 9.17) is 10.5 Å². The molecule has 0 aliphatic carbocycles. The molecular weight excluding hydrogens is 164 g/mol. The zero-order valence-electron chi connectivity index (χ0n) is 8.00. The number of nitrogens with two attached hydrogens (primary N) is 1. The lowest BCUT2D eigenvalue weighted by Gasteiger charge is -2.10. The van der Waals surface area contributed by atoms with Crippen LogP contribution in [0.4, 0.5) is 5.82 Å². The molecule has 0 radical (unpaired) electrons. The van der Waals surface area contributed by atoms with Gasteiger partial charge in [-0.25, -0.2) is 4.98 Å². The Labute approximate surface area is 77.9 Å². The Morgan fingerprint density at radius 1 is 1.38 bits per heavy atom. The molecule has 2 N–H and O–H groups in total. The molecule has 0 saturated heterocycles. The first-order chi connectivity index (χ1) is 6.20. The van der Waals surface area contributed by atoms with Crippen molar-refractivity contribution in [3.63, 3.8) is 0 Å². The van der Waals surface area contributed by atoms with Gasteiger partial charge in [0.05, 0.1) is 13.2 Å². The Morgan fingerprint density at radius 2 is 2.08 bits per heavy atom. The fourth-order valence-electron chi connectivity index (χ4n) is 1.71. The van der Waals surface area contributed by atoms with E-state index in [-0.39, 0.29) is 0 Å². The lowest BCUT2D eigenvalue weighted by atomic mass is 9.97. The molecule has 1 aliphatic heterocycles. The van der Waals surface area contributed by atoms with Crippen LogP contribution in [-0.4, -0.2) is 4.98 Å². The van der Waals surface area contributed by atoms with Crippen molar-refractivity contribution in [2.24, 2.45) is 0 Å². The Bertz CT molecular complexity index is 334. The average Bonchev–Trinajstić information content (AvgIpc) is 2.53. The van der Waals surface area contributed by atoms with Gasteiger partial charge >= 0.3 is 0 Å². The molecule has 2 heterocycles. The van der Waals surface area contributed by atoms with E-state index in [1.807, 2.05) is 6.20 Å². The third kappa shape index (κ3) is 1.29. The summed E-state index contributed by atoms with van der Waals surface area (Å²) in [7, 11) is 0. The van der Waals surface area contributed by atoms with Crippen LogP contribution in [0.25, 0.3) is 0 Å². The van der Waals surface area contributed by atoms with Gasteiger partial charge in [-0.2, -0.15) is 0 Å². The summed E-state index contributed by atoms with van der Waals surface area (Å²) in [5.74, 6) is 1.11. The van der Waals surface area contributed by atoms with E-state index < -0.39 is 0 Å². The summed E-state index contributed by atoms with van der Waals surface area (Å²) in [6.45, 7) is 5.63. The monoisotopic (exact) mass is 178 g/mol. The largest absolute Gasteiger partial charge is 0.383 e. The Morgan fingerprint density at radius 3 is 2.77 bits per heavy atom. The van der Waals surface area contributed by atoms with E-state index in [2.05, 4.69) is 18.8 Å². The molecule has 1 aromatic heterocycles. The Hall–Kier alpha value is -1.09. The SMILES string of the molecule is CC(C)c1cnc(N)c2c1COC2. The minimum Gasteiger partial charge on any atom is -0.383 e. The molecule has 0 amide bonds. The standard InChI is InChI=1S/C10H14N2O/c1-6(2)7-3-12-10(11)9-5-13-4-8(7)9/h3,6H,4-5H2,1-2H3,(H2,11,12). The highest BCUT2D eigenvalue weighted by Crippen LogP contribution is 2.30. The average molecular weight is 178 g/mol. The highest BCUT2D eigenvalue weighted by Gasteiger charge is 2.20. The summed E-state index contributed by atoms with van der Waals surface area (Å²) in [6, 6.07) is 0. The maximum atomic E-state index is 5.75. The molecular formula is C10H14N2O. The zero-order valence-corrected chi connectivity index (χ0v) is 8.00. The molecule has 0 fully saturated rings. The van der Waals surface area contributed by atoms with Gasteiger partial charge in [-0.15, -0.1) is 0 Å². The number of nitrogens with zero attached hydrogens (tertiary/aromatic N) is 1. The van der Waals surface area contributed by atoms with E-state index in [9.17, 15) is 0 Å². The number of rotatable bonds is 1. The van der Waals surface area contributed by atoms with Crippen LogP contribution in [0, 0.1) is 0 Å². The van der Waals surface area contributed by atoms with Crippen molar-refractivity contribution in [2.75, 3.05) is 5.73 Å². The first-order valence-corrected chi connectivity index (χ1v) is 4.54. The number of nitrogen functional groups attached to an aromatic ring is 1. The minimum absolute atomic E-state index is 0.489. The van der Waals surface area contributed by atoms with Gasteiger partial charge in [0.25, 0.3) is 0 Å². The second-order valence-corrected chi connectivity index (χ2v) is 3.70. The number of aromatic nitrogens is 1. The van der Waals surface area contributed by atoms with Crippen LogP contribution in [0.5, 0.6) is 0 Å². The number of ether oxygens (including phenoxy) is 1. The maximum absolute atomic E-state index is 5.75. The van der Waals surface area contributed by atoms with Crippen molar-refractivity contribution in [1.29, 1.82) is 0 Å². The highest BCUT2D eigenvalue weighted by atomic mass is 16.5. The summed E-state index contributed by atoms with van der Waals surface area (Å²) in [5.41, 5.74) is 9.36. The van der Waals surface area contributed by atoms with Crippen LogP contribution in [-0.2, 0) is 18.0 Å². The lowest BCUT2D eigenvalue weighted by Crippen LogP contribution is -2.02. The summed E-state index contributed by atoms with van der Waals surface area (Å²) in [4.78, 5) is 4.17. The van der Waals surface area contributed by atoms with Gasteiger partial charge in [0.15, 0.2) is 0 Å². The molecule has 0 bridgehead atoms. The molecule has 0 aromatic carbocycles. The fourth-order valence-corrected chi connectivity index (χ4v) is 1.71. The first kappa shape index (κ1) is 8.51. The minimum atomic E-state index is 0.489. The smallest absolute Gasteiger partial charge is 0.129 e. The normalized spacial score (nSPS) is 15.0. The van der Waals surface area contributed by atoms with Crippen LogP contribution in [0.1, 0.15) is 36.5 Å². The Balaban J connectivity index is 2.56. The van der Waals surface area contributed by atoms with Crippen LogP contribution in [0.2, 0.25) is 0 Å². The van der Waals surface area contributed by atoms with E-state index in [0.717, 1.165) is 5.56 Å². The topological polar surface area (TPSA) is 48.1 Å². The van der Waals surface area contributed by atoms with Crippen molar-refractivity contribution >= 4 is 5.82 Å². The predicted octanol–water partition coefficient (Wildman–Crippen LogP) is 1.82. The van der Waals surface area contributed by atoms with Gasteiger partial charge in [0.1, 0.15) is 5.82 Å². The van der Waals surface area contributed by atoms with E-state index in [1.165, 1.54) is 11.1 Å². The molecule has 3 nitrogen and oxygen atoms in total. The second kappa shape index (κ2) is 3.00. The maximum Gasteiger partial charge on any atom is 0.129 e. The van der Waals surface area contributed by atoms with Gasteiger partial charge < -0.3 is 10.5 Å². The van der Waals surface area contributed by atoms with Crippen molar-refractivity contribution in [2.45, 2.75) is 33.0 Å². The number of pyridine rings is 1. The van der Waals surface area contributed by atoms with Crippen molar-refractivity contribution in [3.05, 3.63) is 22.9 Å². The molecule has 13 heavy (non-hydrogen) atoms. The summed E-state index contributed by atoms with van der Waals surface area (Å²) < 4.78 is 5.37. The lowest BCUT2D eigenvalue weighted by molar-refractivity contribution is 0.134. The van der Waals surface area contributed by atoms with Gasteiger partial charge in [-0.3, -0.25) is 0 Å². The first-order valence-electron chi connectivity index (χ1n) is 4.54. The third-order valence-corrected chi connectivity index (χ3v) is 2.48. The van der Waals surface area contributed by atoms with Crippen LogP contribution in [0.15, 0.2) is 6.20 Å². The number of hydrogen-bond donors (Lipinski definition) is 1. The van der Waals surface area contributed by atoms with E-state index >= 15 is 0 Å². The van der Waals surface area contributed by atoms with Gasteiger partial charge in [0.2, 0.25) is 0 Å². The van der Waals surface area contributed by atoms with E-state index in [1.54, 1.807) is 0 Å². The molecule has 0 saturated carbocycles. The van der Waals surface area contributed by atoms with Crippen LogP contribution < -0.4 is 5.73 Å². The van der Waals surface area contributed by atoms with Gasteiger partial charge in [-0.05, 0) is 17.0 Å². The molecule has 2 rings (SSSR count). The summed E-state index contributed by atoms with van der Waals surface area (Å²) >= 11 is 0. The third-order valence-electron chi connectivity index (χ3n) is 2.48.